The molecule has 1 N–H and O–H groups in total. The van der Waals surface area contributed by atoms with E-state index in [1.54, 1.807) is 6.07 Å². The van der Waals surface area contributed by atoms with E-state index in [1.165, 1.54) is 12.1 Å². The van der Waals surface area contributed by atoms with Gasteiger partial charge >= 0.3 is 6.18 Å². The van der Waals surface area contributed by atoms with Crippen LogP contribution >= 0.6 is 23.4 Å². The predicted molar refractivity (Wildman–Crippen MR) is 145 cm³/mol. The lowest BCUT2D eigenvalue weighted by atomic mass is 10.1. The number of piperazine rings is 1. The third-order valence-corrected chi connectivity index (χ3v) is 7.29. The number of rotatable bonds is 7. The number of nitrogens with zero attached hydrogens (tertiary/aromatic N) is 4. The van der Waals surface area contributed by atoms with E-state index in [-0.39, 0.29) is 35.3 Å². The molecule has 2 amide bonds. The Morgan fingerprint density at radius 3 is 2.54 bits per heavy atom. The van der Waals surface area contributed by atoms with E-state index in [2.05, 4.69) is 15.3 Å². The van der Waals surface area contributed by atoms with Crippen molar-refractivity contribution in [2.24, 2.45) is 0 Å². The average molecular weight is 578 g/mol. The van der Waals surface area contributed by atoms with Crippen LogP contribution in [0.2, 0.25) is 5.15 Å². The molecule has 0 bridgehead atoms. The summed E-state index contributed by atoms with van der Waals surface area (Å²) < 4.78 is 38.7. The second kappa shape index (κ2) is 12.3. The fraction of sp³-hybridized carbons (Fsp3) is 0.333. The fourth-order valence-electron chi connectivity index (χ4n) is 4.18. The van der Waals surface area contributed by atoms with E-state index in [0.717, 1.165) is 29.5 Å². The number of amides is 2. The third kappa shape index (κ3) is 7.63. The number of benzene rings is 2. The second-order valence-corrected chi connectivity index (χ2v) is 10.6. The highest BCUT2D eigenvalue weighted by Gasteiger charge is 2.31. The summed E-state index contributed by atoms with van der Waals surface area (Å²) in [5.74, 6) is 0.166. The Kier molecular flexibility index (Phi) is 9.01. The van der Waals surface area contributed by atoms with Crippen molar-refractivity contribution in [3.8, 4) is 0 Å². The van der Waals surface area contributed by atoms with E-state index in [9.17, 15) is 22.8 Å². The molecule has 12 heteroatoms. The van der Waals surface area contributed by atoms with Gasteiger partial charge in [0.05, 0.1) is 11.3 Å². The van der Waals surface area contributed by atoms with Gasteiger partial charge in [-0.3, -0.25) is 9.59 Å². The average Bonchev–Trinajstić information content (AvgIpc) is 2.90. The molecule has 7 nitrogen and oxygen atoms in total. The minimum Gasteiger partial charge on any atom is -0.353 e. The molecule has 4 rings (SSSR count). The number of anilines is 1. The summed E-state index contributed by atoms with van der Waals surface area (Å²) in [6, 6.07) is 13.9. The van der Waals surface area contributed by atoms with Crippen LogP contribution in [0.1, 0.15) is 34.0 Å². The standard InChI is InChI=1S/C27H27ClF3N5O2S/c1-17-6-8-20(9-7-17)25(38)36-11-10-35(15-18(36)2)23-13-22(28)33-26(34-23)39-16-24(37)32-14-19-4-3-5-21(12-19)27(29,30)31/h3-9,12-13,18H,10-11,14-16H2,1-2H3,(H,32,37). The number of thioether (sulfide) groups is 1. The Labute approximate surface area is 233 Å². The van der Waals surface area contributed by atoms with Crippen molar-refractivity contribution in [3.63, 3.8) is 0 Å². The zero-order valence-electron chi connectivity index (χ0n) is 21.3. The van der Waals surface area contributed by atoms with Crippen molar-refractivity contribution in [1.29, 1.82) is 0 Å². The molecule has 2 heterocycles. The molecule has 1 aliphatic heterocycles. The van der Waals surface area contributed by atoms with Crippen LogP contribution in [0.3, 0.4) is 0 Å². The molecule has 1 fully saturated rings. The Bertz CT molecular complexity index is 1340. The summed E-state index contributed by atoms with van der Waals surface area (Å²) >= 11 is 7.32. The van der Waals surface area contributed by atoms with Crippen LogP contribution in [0.4, 0.5) is 19.0 Å². The normalized spacial score (nSPS) is 15.8. The van der Waals surface area contributed by atoms with E-state index in [4.69, 9.17) is 11.6 Å². The molecule has 0 radical (unpaired) electrons. The van der Waals surface area contributed by atoms with Gasteiger partial charge in [-0.25, -0.2) is 9.97 Å². The van der Waals surface area contributed by atoms with Crippen molar-refractivity contribution in [2.45, 2.75) is 37.8 Å². The maximum Gasteiger partial charge on any atom is 0.416 e. The number of aryl methyl sites for hydroxylation is 1. The Morgan fingerprint density at radius 1 is 1.10 bits per heavy atom. The van der Waals surface area contributed by atoms with Crippen LogP contribution < -0.4 is 10.2 Å². The molecule has 1 unspecified atom stereocenters. The van der Waals surface area contributed by atoms with Gasteiger partial charge in [0.15, 0.2) is 5.16 Å². The quantitative estimate of drug-likeness (QED) is 0.236. The number of nitrogens with one attached hydrogen (secondary N) is 1. The van der Waals surface area contributed by atoms with Crippen LogP contribution in [0.5, 0.6) is 0 Å². The number of aromatic nitrogens is 2. The first-order valence-corrected chi connectivity index (χ1v) is 13.6. The minimum atomic E-state index is -4.45. The lowest BCUT2D eigenvalue weighted by Crippen LogP contribution is -2.54. The SMILES string of the molecule is Cc1ccc(C(=O)N2CCN(c3cc(Cl)nc(SCC(=O)NCc4cccc(C(F)(F)F)c4)n3)CC2C)cc1. The fourth-order valence-corrected chi connectivity index (χ4v) is 5.09. The smallest absolute Gasteiger partial charge is 0.353 e. The van der Waals surface area contributed by atoms with Gasteiger partial charge in [-0.2, -0.15) is 13.2 Å². The van der Waals surface area contributed by atoms with Gasteiger partial charge in [0.1, 0.15) is 11.0 Å². The van der Waals surface area contributed by atoms with Crippen LogP contribution in [-0.2, 0) is 17.5 Å². The molecule has 1 saturated heterocycles. The first kappa shape index (κ1) is 28.7. The van der Waals surface area contributed by atoms with Gasteiger partial charge < -0.3 is 15.1 Å². The highest BCUT2D eigenvalue weighted by Crippen LogP contribution is 2.29. The molecule has 39 heavy (non-hydrogen) atoms. The lowest BCUT2D eigenvalue weighted by molar-refractivity contribution is -0.137. The van der Waals surface area contributed by atoms with Crippen LogP contribution in [0.15, 0.2) is 59.8 Å². The van der Waals surface area contributed by atoms with Crippen LogP contribution in [0.25, 0.3) is 0 Å². The van der Waals surface area contributed by atoms with Crippen molar-refractivity contribution < 1.29 is 22.8 Å². The number of hydrogen-bond donors (Lipinski definition) is 1. The zero-order valence-corrected chi connectivity index (χ0v) is 22.9. The van der Waals surface area contributed by atoms with Crippen molar-refractivity contribution in [3.05, 3.63) is 82.0 Å². The van der Waals surface area contributed by atoms with Crippen molar-refractivity contribution >= 4 is 41.0 Å². The van der Waals surface area contributed by atoms with Crippen molar-refractivity contribution in [2.75, 3.05) is 30.3 Å². The van der Waals surface area contributed by atoms with Gasteiger partial charge in [0.25, 0.3) is 5.91 Å². The monoisotopic (exact) mass is 577 g/mol. The minimum absolute atomic E-state index is 0.0183. The Hall–Kier alpha value is -3.31. The van der Waals surface area contributed by atoms with E-state index < -0.39 is 11.7 Å². The molecule has 1 atom stereocenters. The number of carbonyl (C=O) groups excluding carboxylic acids is 2. The van der Waals surface area contributed by atoms with Gasteiger partial charge in [0, 0.05) is 43.9 Å². The number of halogens is 4. The van der Waals surface area contributed by atoms with Crippen LogP contribution in [-0.4, -0.2) is 58.1 Å². The Balaban J connectivity index is 1.32. The highest BCUT2D eigenvalue weighted by atomic mass is 35.5. The molecule has 1 aromatic heterocycles. The van der Waals surface area contributed by atoms with Gasteiger partial charge in [-0.15, -0.1) is 0 Å². The first-order valence-electron chi connectivity index (χ1n) is 12.2. The summed E-state index contributed by atoms with van der Waals surface area (Å²) in [4.78, 5) is 37.9. The molecule has 3 aromatic rings. The number of alkyl halides is 3. The molecule has 2 aromatic carbocycles. The number of carbonyl (C=O) groups is 2. The maximum atomic E-state index is 13.0. The molecular formula is C27H27ClF3N5O2S. The van der Waals surface area contributed by atoms with Crippen LogP contribution in [0, 0.1) is 6.92 Å². The Morgan fingerprint density at radius 2 is 1.85 bits per heavy atom. The summed E-state index contributed by atoms with van der Waals surface area (Å²) in [6.45, 7) is 5.53. The molecule has 0 spiro atoms. The first-order chi connectivity index (χ1) is 18.5. The number of hydrogen-bond acceptors (Lipinski definition) is 6. The zero-order chi connectivity index (χ0) is 28.2. The largest absolute Gasteiger partial charge is 0.416 e. The van der Waals surface area contributed by atoms with Gasteiger partial charge in [0.2, 0.25) is 5.91 Å². The highest BCUT2D eigenvalue weighted by molar-refractivity contribution is 7.99. The van der Waals surface area contributed by atoms with Gasteiger partial charge in [-0.05, 0) is 43.7 Å². The second-order valence-electron chi connectivity index (χ2n) is 9.25. The van der Waals surface area contributed by atoms with Gasteiger partial charge in [-0.1, -0.05) is 53.2 Å². The molecular weight excluding hydrogens is 551 g/mol. The summed E-state index contributed by atoms with van der Waals surface area (Å²) in [7, 11) is 0. The maximum absolute atomic E-state index is 13.0. The summed E-state index contributed by atoms with van der Waals surface area (Å²) in [5.41, 5.74) is 1.32. The van der Waals surface area contributed by atoms with E-state index in [0.29, 0.717) is 41.7 Å². The molecule has 0 aliphatic carbocycles. The molecule has 206 valence electrons. The third-order valence-electron chi connectivity index (χ3n) is 6.25. The van der Waals surface area contributed by atoms with E-state index >= 15 is 0 Å². The topological polar surface area (TPSA) is 78.4 Å². The summed E-state index contributed by atoms with van der Waals surface area (Å²) in [6.07, 6.45) is -4.45. The van der Waals surface area contributed by atoms with E-state index in [1.807, 2.05) is 47.9 Å². The lowest BCUT2D eigenvalue weighted by Gasteiger charge is -2.40. The molecule has 0 saturated carbocycles. The molecule has 1 aliphatic rings. The van der Waals surface area contributed by atoms with Crippen molar-refractivity contribution in [1.82, 2.24) is 20.2 Å². The summed E-state index contributed by atoms with van der Waals surface area (Å²) in [5, 5.41) is 3.14. The predicted octanol–water partition coefficient (Wildman–Crippen LogP) is 5.22.